The van der Waals surface area contributed by atoms with Gasteiger partial charge in [-0.3, -0.25) is 9.36 Å². The van der Waals surface area contributed by atoms with Crippen molar-refractivity contribution in [2.75, 3.05) is 33.5 Å². The molecule has 0 spiro atoms. The van der Waals surface area contributed by atoms with Crippen LogP contribution in [0.4, 0.5) is 0 Å². The van der Waals surface area contributed by atoms with Gasteiger partial charge < -0.3 is 23.7 Å². The lowest BCUT2D eigenvalue weighted by atomic mass is 9.95. The standard InChI is InChI=1S/C30H30BrIN2O8S/c1-6-39-22-14-18(9-10-21(22)42-15-24(35)38-5)26-25(29(37)41-8-3)16(4)33-30-34(26)28(36)23(43-30)13-17-11-19(31)27(40-7-2)20(32)12-17/h9-14,26H,6-8,15H2,1-5H3/b23-13-/t26-/m0/s1. The van der Waals surface area contributed by atoms with Crippen molar-refractivity contribution in [3.8, 4) is 17.2 Å². The van der Waals surface area contributed by atoms with Crippen LogP contribution in [-0.2, 0) is 19.1 Å². The molecule has 0 radical (unpaired) electrons. The fourth-order valence-corrected chi connectivity index (χ4v) is 7.30. The third-order valence-corrected chi connectivity index (χ3v) is 8.65. The van der Waals surface area contributed by atoms with Gasteiger partial charge in [0.2, 0.25) is 0 Å². The number of thiazole rings is 1. The normalized spacial score (nSPS) is 14.6. The van der Waals surface area contributed by atoms with Crippen LogP contribution in [0.25, 0.3) is 6.08 Å². The molecule has 0 unspecified atom stereocenters. The smallest absolute Gasteiger partial charge is 0.343 e. The van der Waals surface area contributed by atoms with Crippen LogP contribution in [0.1, 0.15) is 44.9 Å². The predicted molar refractivity (Wildman–Crippen MR) is 174 cm³/mol. The Morgan fingerprint density at radius 1 is 1.07 bits per heavy atom. The fourth-order valence-electron chi connectivity index (χ4n) is 4.48. The Morgan fingerprint density at radius 2 is 1.81 bits per heavy atom. The van der Waals surface area contributed by atoms with Crippen LogP contribution in [-0.4, -0.2) is 50.0 Å². The Kier molecular flexibility index (Phi) is 11.1. The van der Waals surface area contributed by atoms with Crippen LogP contribution in [0.2, 0.25) is 0 Å². The molecule has 2 aromatic carbocycles. The van der Waals surface area contributed by atoms with E-state index in [1.165, 1.54) is 23.0 Å². The predicted octanol–water partition coefficient (Wildman–Crippen LogP) is 4.51. The molecule has 4 rings (SSSR count). The summed E-state index contributed by atoms with van der Waals surface area (Å²) in [6.07, 6.45) is 1.79. The minimum absolute atomic E-state index is 0.155. The SMILES string of the molecule is CCOC(=O)C1=C(C)N=c2s/c(=C\c3cc(Br)c(OCC)c(I)c3)c(=O)n2[C@H]1c1ccc(OCC(=O)OC)c(OCC)c1. The molecule has 228 valence electrons. The molecule has 0 fully saturated rings. The Labute approximate surface area is 274 Å². The lowest BCUT2D eigenvalue weighted by Gasteiger charge is -2.25. The number of rotatable bonds is 11. The molecule has 0 N–H and O–H groups in total. The number of benzene rings is 2. The van der Waals surface area contributed by atoms with Gasteiger partial charge in [0, 0.05) is 0 Å². The van der Waals surface area contributed by atoms with E-state index < -0.39 is 18.0 Å². The van der Waals surface area contributed by atoms with Gasteiger partial charge in [-0.15, -0.1) is 0 Å². The van der Waals surface area contributed by atoms with Crippen LogP contribution in [0, 0.1) is 3.57 Å². The van der Waals surface area contributed by atoms with E-state index in [1.807, 2.05) is 26.0 Å². The summed E-state index contributed by atoms with van der Waals surface area (Å²) in [7, 11) is 1.27. The average Bonchev–Trinajstić information content (AvgIpc) is 3.27. The first-order valence-corrected chi connectivity index (χ1v) is 16.1. The maximum absolute atomic E-state index is 14.0. The first kappa shape index (κ1) is 32.7. The number of fused-ring (bicyclic) bond motifs is 1. The van der Waals surface area contributed by atoms with Crippen molar-refractivity contribution in [3.63, 3.8) is 0 Å². The van der Waals surface area contributed by atoms with Gasteiger partial charge in [-0.2, -0.15) is 0 Å². The zero-order valence-corrected chi connectivity index (χ0v) is 28.8. The third kappa shape index (κ3) is 7.15. The van der Waals surface area contributed by atoms with Gasteiger partial charge in [0.1, 0.15) is 5.75 Å². The summed E-state index contributed by atoms with van der Waals surface area (Å²) in [6.45, 7) is 7.86. The second kappa shape index (κ2) is 14.5. The summed E-state index contributed by atoms with van der Waals surface area (Å²) in [5.41, 5.74) is 1.75. The number of carbonyl (C=O) groups is 2. The highest BCUT2D eigenvalue weighted by Gasteiger charge is 2.34. The van der Waals surface area contributed by atoms with Gasteiger partial charge >= 0.3 is 11.9 Å². The van der Waals surface area contributed by atoms with E-state index in [0.717, 1.165) is 19.4 Å². The summed E-state index contributed by atoms with van der Waals surface area (Å²) in [4.78, 5) is 44.0. The molecule has 0 aliphatic carbocycles. The Balaban J connectivity index is 1.89. The molecule has 0 saturated carbocycles. The Hall–Kier alpha value is -3.17. The van der Waals surface area contributed by atoms with Gasteiger partial charge in [0.15, 0.2) is 22.9 Å². The van der Waals surface area contributed by atoms with Crippen LogP contribution >= 0.6 is 49.9 Å². The third-order valence-electron chi connectivity index (χ3n) is 6.28. The van der Waals surface area contributed by atoms with Gasteiger partial charge in [-0.05, 0) is 108 Å². The molecule has 1 aromatic heterocycles. The highest BCUT2D eigenvalue weighted by molar-refractivity contribution is 14.1. The van der Waals surface area contributed by atoms with Crippen molar-refractivity contribution in [2.24, 2.45) is 4.99 Å². The molecular weight excluding hydrogens is 755 g/mol. The van der Waals surface area contributed by atoms with Gasteiger partial charge in [-0.1, -0.05) is 17.4 Å². The first-order chi connectivity index (χ1) is 20.6. The molecule has 0 bridgehead atoms. The molecule has 3 aromatic rings. The lowest BCUT2D eigenvalue weighted by molar-refractivity contribution is -0.143. The molecular formula is C30H30BrIN2O8S. The number of ether oxygens (including phenoxy) is 5. The molecule has 13 heteroatoms. The highest BCUT2D eigenvalue weighted by atomic mass is 127. The van der Waals surface area contributed by atoms with Crippen LogP contribution in [0.15, 0.2) is 55.9 Å². The zero-order chi connectivity index (χ0) is 31.3. The molecule has 43 heavy (non-hydrogen) atoms. The van der Waals surface area contributed by atoms with Gasteiger partial charge in [0.05, 0.1) is 56.8 Å². The summed E-state index contributed by atoms with van der Waals surface area (Å²) in [5, 5.41) is 0. The average molecular weight is 785 g/mol. The van der Waals surface area contributed by atoms with E-state index in [4.69, 9.17) is 18.9 Å². The number of allylic oxidation sites excluding steroid dienone is 1. The van der Waals surface area contributed by atoms with Crippen LogP contribution in [0.3, 0.4) is 0 Å². The minimum atomic E-state index is -0.849. The maximum Gasteiger partial charge on any atom is 0.343 e. The van der Waals surface area contributed by atoms with Crippen molar-refractivity contribution in [1.82, 2.24) is 4.57 Å². The van der Waals surface area contributed by atoms with Crippen molar-refractivity contribution < 1.29 is 33.3 Å². The van der Waals surface area contributed by atoms with Gasteiger partial charge in [-0.25, -0.2) is 14.6 Å². The number of halogens is 2. The van der Waals surface area contributed by atoms with Gasteiger partial charge in [0.25, 0.3) is 5.56 Å². The van der Waals surface area contributed by atoms with Crippen molar-refractivity contribution >= 4 is 67.9 Å². The van der Waals surface area contributed by atoms with Crippen LogP contribution in [0.5, 0.6) is 17.2 Å². The second-order valence-electron chi connectivity index (χ2n) is 9.05. The number of esters is 2. The summed E-state index contributed by atoms with van der Waals surface area (Å²) < 4.78 is 30.8. The molecule has 10 nitrogen and oxygen atoms in total. The number of hydrogen-bond acceptors (Lipinski definition) is 10. The molecule has 1 aliphatic rings. The maximum atomic E-state index is 14.0. The monoisotopic (exact) mass is 784 g/mol. The number of carbonyl (C=O) groups excluding carboxylic acids is 2. The van der Waals surface area contributed by atoms with E-state index in [0.29, 0.717) is 45.3 Å². The van der Waals surface area contributed by atoms with E-state index in [2.05, 4.69) is 48.3 Å². The van der Waals surface area contributed by atoms with E-state index in [1.54, 1.807) is 38.1 Å². The van der Waals surface area contributed by atoms with E-state index in [9.17, 15) is 14.4 Å². The van der Waals surface area contributed by atoms with Crippen LogP contribution < -0.4 is 29.1 Å². The number of methoxy groups -OCH3 is 1. The summed E-state index contributed by atoms with van der Waals surface area (Å²) >= 11 is 7.00. The minimum Gasteiger partial charge on any atom is -0.492 e. The largest absolute Gasteiger partial charge is 0.492 e. The Morgan fingerprint density at radius 3 is 2.47 bits per heavy atom. The lowest BCUT2D eigenvalue weighted by Crippen LogP contribution is -2.40. The summed E-state index contributed by atoms with van der Waals surface area (Å²) in [5.74, 6) is 0.281. The fraction of sp³-hybridized carbons (Fsp3) is 0.333. The molecule has 1 aliphatic heterocycles. The number of aromatic nitrogens is 1. The first-order valence-electron chi connectivity index (χ1n) is 13.4. The molecule has 0 amide bonds. The number of nitrogens with zero attached hydrogens (tertiary/aromatic N) is 2. The number of hydrogen-bond donors (Lipinski definition) is 0. The highest BCUT2D eigenvalue weighted by Crippen LogP contribution is 2.37. The van der Waals surface area contributed by atoms with Crippen molar-refractivity contribution in [2.45, 2.75) is 33.7 Å². The zero-order valence-electron chi connectivity index (χ0n) is 24.2. The van der Waals surface area contributed by atoms with E-state index in [-0.39, 0.29) is 24.3 Å². The molecule has 0 saturated heterocycles. The Bertz CT molecular complexity index is 1740. The van der Waals surface area contributed by atoms with E-state index >= 15 is 0 Å². The second-order valence-corrected chi connectivity index (χ2v) is 12.1. The molecule has 1 atom stereocenters. The van der Waals surface area contributed by atoms with Crippen molar-refractivity contribution in [1.29, 1.82) is 0 Å². The van der Waals surface area contributed by atoms with Crippen molar-refractivity contribution in [3.05, 3.63) is 80.5 Å². The molecule has 2 heterocycles. The summed E-state index contributed by atoms with van der Waals surface area (Å²) in [6, 6.07) is 8.03. The topological polar surface area (TPSA) is 115 Å². The quantitative estimate of drug-likeness (QED) is 0.206.